The van der Waals surface area contributed by atoms with Crippen LogP contribution in [0.3, 0.4) is 0 Å². The maximum absolute atomic E-state index is 8.94. The second kappa shape index (κ2) is 6.74. The molecule has 2 nitrogen and oxygen atoms in total. The van der Waals surface area contributed by atoms with Gasteiger partial charge in [0.25, 0.3) is 0 Å². The van der Waals surface area contributed by atoms with Gasteiger partial charge in [-0.2, -0.15) is 0 Å². The first-order valence-corrected chi connectivity index (χ1v) is 6.87. The standard InChI is InChI=1S/C13H19BrClNO/c1-13(2,5-6-17)9-16-8-10-3-4-11(15)7-12(10)14/h3-4,7,16-17H,5-6,8-9H2,1-2H3. The molecular formula is C13H19BrClNO. The van der Waals surface area contributed by atoms with E-state index in [1.54, 1.807) is 0 Å². The third kappa shape index (κ3) is 5.38. The smallest absolute Gasteiger partial charge is 0.0436 e. The van der Waals surface area contributed by atoms with Crippen LogP contribution in [0.5, 0.6) is 0 Å². The molecule has 0 unspecified atom stereocenters. The first-order chi connectivity index (χ1) is 7.94. The van der Waals surface area contributed by atoms with Crippen LogP contribution < -0.4 is 5.32 Å². The van der Waals surface area contributed by atoms with Crippen LogP contribution in [0.2, 0.25) is 5.02 Å². The van der Waals surface area contributed by atoms with Crippen molar-refractivity contribution in [3.8, 4) is 0 Å². The SMILES string of the molecule is CC(C)(CCO)CNCc1ccc(Cl)cc1Br. The highest BCUT2D eigenvalue weighted by Crippen LogP contribution is 2.22. The van der Waals surface area contributed by atoms with Crippen molar-refractivity contribution in [2.75, 3.05) is 13.2 Å². The zero-order valence-electron chi connectivity index (χ0n) is 10.3. The third-order valence-corrected chi connectivity index (χ3v) is 3.70. The summed E-state index contributed by atoms with van der Waals surface area (Å²) in [5.41, 5.74) is 1.31. The lowest BCUT2D eigenvalue weighted by molar-refractivity contribution is 0.207. The van der Waals surface area contributed by atoms with Crippen molar-refractivity contribution in [3.05, 3.63) is 33.3 Å². The average Bonchev–Trinajstić information content (AvgIpc) is 2.21. The molecule has 0 amide bonds. The number of nitrogens with one attached hydrogen (secondary N) is 1. The van der Waals surface area contributed by atoms with Crippen molar-refractivity contribution >= 4 is 27.5 Å². The van der Waals surface area contributed by atoms with Crippen LogP contribution in [0.4, 0.5) is 0 Å². The van der Waals surface area contributed by atoms with E-state index >= 15 is 0 Å². The summed E-state index contributed by atoms with van der Waals surface area (Å²) in [5, 5.41) is 13.1. The van der Waals surface area contributed by atoms with Crippen molar-refractivity contribution in [2.24, 2.45) is 5.41 Å². The molecule has 0 bridgehead atoms. The molecule has 0 fully saturated rings. The summed E-state index contributed by atoms with van der Waals surface area (Å²) in [5.74, 6) is 0. The quantitative estimate of drug-likeness (QED) is 0.839. The van der Waals surface area contributed by atoms with Crippen LogP contribution in [-0.2, 0) is 6.54 Å². The molecule has 2 N–H and O–H groups in total. The monoisotopic (exact) mass is 319 g/mol. The number of hydrogen-bond donors (Lipinski definition) is 2. The molecule has 0 aliphatic carbocycles. The normalized spacial score (nSPS) is 11.8. The van der Waals surface area contributed by atoms with Crippen LogP contribution in [-0.4, -0.2) is 18.3 Å². The molecule has 0 aliphatic rings. The molecule has 0 aliphatic heterocycles. The van der Waals surface area contributed by atoms with E-state index in [1.807, 2.05) is 18.2 Å². The molecule has 4 heteroatoms. The van der Waals surface area contributed by atoms with Gasteiger partial charge in [-0.1, -0.05) is 47.4 Å². The van der Waals surface area contributed by atoms with Gasteiger partial charge in [0.1, 0.15) is 0 Å². The van der Waals surface area contributed by atoms with Crippen LogP contribution in [0, 0.1) is 5.41 Å². The molecule has 0 aromatic heterocycles. The van der Waals surface area contributed by atoms with Gasteiger partial charge in [0.15, 0.2) is 0 Å². The summed E-state index contributed by atoms with van der Waals surface area (Å²) < 4.78 is 1.03. The lowest BCUT2D eigenvalue weighted by Crippen LogP contribution is -2.29. The van der Waals surface area contributed by atoms with Crippen molar-refractivity contribution in [2.45, 2.75) is 26.8 Å². The zero-order chi connectivity index (χ0) is 12.9. The number of halogens is 2. The van der Waals surface area contributed by atoms with Gasteiger partial charge >= 0.3 is 0 Å². The van der Waals surface area contributed by atoms with Gasteiger partial charge in [-0.05, 0) is 29.5 Å². The molecule has 0 radical (unpaired) electrons. The lowest BCUT2D eigenvalue weighted by atomic mass is 9.90. The largest absolute Gasteiger partial charge is 0.396 e. The Hall–Kier alpha value is -0.0900. The van der Waals surface area contributed by atoms with Crippen molar-refractivity contribution < 1.29 is 5.11 Å². The summed E-state index contributed by atoms with van der Waals surface area (Å²) >= 11 is 9.38. The van der Waals surface area contributed by atoms with E-state index in [9.17, 15) is 0 Å². The highest BCUT2D eigenvalue weighted by molar-refractivity contribution is 9.10. The number of rotatable bonds is 6. The van der Waals surface area contributed by atoms with Gasteiger partial charge in [0, 0.05) is 29.2 Å². The summed E-state index contributed by atoms with van der Waals surface area (Å²) in [7, 11) is 0. The van der Waals surface area contributed by atoms with E-state index in [2.05, 4.69) is 35.1 Å². The first kappa shape index (κ1) is 15.0. The van der Waals surface area contributed by atoms with Crippen molar-refractivity contribution in [1.82, 2.24) is 5.32 Å². The molecule has 1 rings (SSSR count). The van der Waals surface area contributed by atoms with Crippen molar-refractivity contribution in [1.29, 1.82) is 0 Å². The molecule has 1 aromatic carbocycles. The molecule has 0 saturated carbocycles. The van der Waals surface area contributed by atoms with Gasteiger partial charge in [0.2, 0.25) is 0 Å². The lowest BCUT2D eigenvalue weighted by Gasteiger charge is -2.24. The minimum atomic E-state index is 0.119. The van der Waals surface area contributed by atoms with E-state index in [1.165, 1.54) is 5.56 Å². The molecule has 96 valence electrons. The van der Waals surface area contributed by atoms with Crippen LogP contribution in [0.1, 0.15) is 25.8 Å². The Labute approximate surface area is 117 Å². The maximum atomic E-state index is 8.94. The molecule has 1 aromatic rings. The van der Waals surface area contributed by atoms with Crippen LogP contribution in [0.15, 0.2) is 22.7 Å². The third-order valence-electron chi connectivity index (χ3n) is 2.72. The highest BCUT2D eigenvalue weighted by atomic mass is 79.9. The predicted molar refractivity (Wildman–Crippen MR) is 76.3 cm³/mol. The Morgan fingerprint density at radius 3 is 2.71 bits per heavy atom. The molecule has 0 saturated heterocycles. The Morgan fingerprint density at radius 2 is 2.12 bits per heavy atom. The number of benzene rings is 1. The minimum absolute atomic E-state index is 0.119. The van der Waals surface area contributed by atoms with Gasteiger partial charge in [-0.25, -0.2) is 0 Å². The fraction of sp³-hybridized carbons (Fsp3) is 0.538. The fourth-order valence-electron chi connectivity index (χ4n) is 1.59. The summed E-state index contributed by atoms with van der Waals surface area (Å²) in [4.78, 5) is 0. The second-order valence-electron chi connectivity index (χ2n) is 4.98. The highest BCUT2D eigenvalue weighted by Gasteiger charge is 2.16. The van der Waals surface area contributed by atoms with Gasteiger partial charge in [0.05, 0.1) is 0 Å². The molecule has 0 spiro atoms. The van der Waals surface area contributed by atoms with Gasteiger partial charge < -0.3 is 10.4 Å². The molecule has 0 atom stereocenters. The number of aliphatic hydroxyl groups excluding tert-OH is 1. The van der Waals surface area contributed by atoms with Gasteiger partial charge in [-0.3, -0.25) is 0 Å². The Kier molecular flexibility index (Phi) is 5.93. The number of hydrogen-bond acceptors (Lipinski definition) is 2. The van der Waals surface area contributed by atoms with Crippen LogP contribution >= 0.6 is 27.5 Å². The van der Waals surface area contributed by atoms with Crippen molar-refractivity contribution in [3.63, 3.8) is 0 Å². The number of aliphatic hydroxyl groups is 1. The van der Waals surface area contributed by atoms with E-state index in [4.69, 9.17) is 16.7 Å². The summed E-state index contributed by atoms with van der Waals surface area (Å²) in [6.45, 7) is 6.20. The Bertz CT molecular complexity index is 368. The Morgan fingerprint density at radius 1 is 1.41 bits per heavy atom. The molecule has 17 heavy (non-hydrogen) atoms. The summed E-state index contributed by atoms with van der Waals surface area (Å²) in [6.07, 6.45) is 0.807. The zero-order valence-corrected chi connectivity index (χ0v) is 12.6. The van der Waals surface area contributed by atoms with Crippen LogP contribution in [0.25, 0.3) is 0 Å². The second-order valence-corrected chi connectivity index (χ2v) is 6.27. The topological polar surface area (TPSA) is 32.3 Å². The maximum Gasteiger partial charge on any atom is 0.0436 e. The molecular weight excluding hydrogens is 302 g/mol. The Balaban J connectivity index is 2.46. The van der Waals surface area contributed by atoms with E-state index in [0.29, 0.717) is 0 Å². The molecule has 0 heterocycles. The minimum Gasteiger partial charge on any atom is -0.396 e. The average molecular weight is 321 g/mol. The van der Waals surface area contributed by atoms with E-state index < -0.39 is 0 Å². The van der Waals surface area contributed by atoms with E-state index in [-0.39, 0.29) is 12.0 Å². The predicted octanol–water partition coefficient (Wildman–Crippen LogP) is 3.60. The summed E-state index contributed by atoms with van der Waals surface area (Å²) in [6, 6.07) is 5.80. The van der Waals surface area contributed by atoms with Gasteiger partial charge in [-0.15, -0.1) is 0 Å². The van der Waals surface area contributed by atoms with E-state index in [0.717, 1.165) is 29.0 Å². The first-order valence-electron chi connectivity index (χ1n) is 5.70. The fourth-order valence-corrected chi connectivity index (χ4v) is 2.41.